The molecule has 2 aliphatic rings. The summed E-state index contributed by atoms with van der Waals surface area (Å²) in [5.74, 6) is 3.20. The van der Waals surface area contributed by atoms with Gasteiger partial charge in [0, 0.05) is 51.4 Å². The van der Waals surface area contributed by atoms with Crippen molar-refractivity contribution in [3.05, 3.63) is 48.5 Å². The Morgan fingerprint density at radius 1 is 1.10 bits per heavy atom. The maximum atomic E-state index is 13.0. The van der Waals surface area contributed by atoms with E-state index in [1.54, 1.807) is 13.1 Å². The Hall–Kier alpha value is -2.83. The minimum atomic E-state index is 0.134. The largest absolute Gasteiger partial charge is 0.493 e. The molecule has 4 rings (SSSR count). The fourth-order valence-corrected chi connectivity index (χ4v) is 4.99. The third-order valence-corrected chi connectivity index (χ3v) is 6.87. The molecule has 0 aliphatic carbocycles. The average Bonchev–Trinajstić information content (AvgIpc) is 3.39. The van der Waals surface area contributed by atoms with Crippen LogP contribution in [0, 0.1) is 24.7 Å². The van der Waals surface area contributed by atoms with Gasteiger partial charge in [-0.05, 0) is 43.7 Å². The van der Waals surface area contributed by atoms with Crippen molar-refractivity contribution in [1.29, 1.82) is 0 Å². The van der Waals surface area contributed by atoms with E-state index in [2.05, 4.69) is 4.98 Å². The number of hydrogen-bond acceptors (Lipinski definition) is 4. The number of ether oxygens (including phenoxy) is 1. The quantitative estimate of drug-likeness (QED) is 0.715. The van der Waals surface area contributed by atoms with E-state index in [0.717, 1.165) is 50.6 Å². The summed E-state index contributed by atoms with van der Waals surface area (Å²) in [7, 11) is 0. The SMILES string of the molecule is CC(=O)N1CCC([C@@H]2CN(C(=O)Cn3ccnc3C)C[C@H]2COc2ccccc2)CC1. The zero-order valence-corrected chi connectivity index (χ0v) is 18.4. The highest BCUT2D eigenvalue weighted by molar-refractivity contribution is 5.76. The Balaban J connectivity index is 1.43. The zero-order chi connectivity index (χ0) is 21.8. The second-order valence-corrected chi connectivity index (χ2v) is 8.79. The molecule has 31 heavy (non-hydrogen) atoms. The molecule has 0 bridgehead atoms. The van der Waals surface area contributed by atoms with Gasteiger partial charge in [0.1, 0.15) is 18.1 Å². The highest BCUT2D eigenvalue weighted by Crippen LogP contribution is 2.36. The first-order chi connectivity index (χ1) is 15.0. The third kappa shape index (κ3) is 5.09. The lowest BCUT2D eigenvalue weighted by Gasteiger charge is -2.36. The fraction of sp³-hybridized carbons (Fsp3) is 0.542. The molecular formula is C24H32N4O3. The molecule has 166 valence electrons. The van der Waals surface area contributed by atoms with Crippen molar-refractivity contribution in [3.63, 3.8) is 0 Å². The molecule has 7 nitrogen and oxygen atoms in total. The lowest BCUT2D eigenvalue weighted by molar-refractivity contribution is -0.131. The lowest BCUT2D eigenvalue weighted by atomic mass is 9.78. The van der Waals surface area contributed by atoms with Crippen molar-refractivity contribution in [3.8, 4) is 5.75 Å². The van der Waals surface area contributed by atoms with E-state index < -0.39 is 0 Å². The average molecular weight is 425 g/mol. The monoisotopic (exact) mass is 424 g/mol. The van der Waals surface area contributed by atoms with Gasteiger partial charge in [0.15, 0.2) is 0 Å². The van der Waals surface area contributed by atoms with Crippen LogP contribution in [0.3, 0.4) is 0 Å². The fourth-order valence-electron chi connectivity index (χ4n) is 4.99. The first kappa shape index (κ1) is 21.4. The standard InChI is InChI=1S/C24H32N4O3/c1-18-25-10-13-27(18)16-24(30)28-14-21(17-31-22-6-4-3-5-7-22)23(15-28)20-8-11-26(12-9-20)19(2)29/h3-7,10,13,20-21,23H,8-9,11-12,14-17H2,1-2H3/t21-,23-/m0/s1. The first-order valence-corrected chi connectivity index (χ1v) is 11.2. The summed E-state index contributed by atoms with van der Waals surface area (Å²) < 4.78 is 8.00. The molecule has 2 aliphatic heterocycles. The highest BCUT2D eigenvalue weighted by Gasteiger charge is 2.41. The number of aromatic nitrogens is 2. The molecule has 1 aromatic heterocycles. The van der Waals surface area contributed by atoms with Crippen LogP contribution in [0.4, 0.5) is 0 Å². The number of amides is 2. The van der Waals surface area contributed by atoms with Gasteiger partial charge in [-0.2, -0.15) is 0 Å². The third-order valence-electron chi connectivity index (χ3n) is 6.87. The van der Waals surface area contributed by atoms with E-state index in [0.29, 0.717) is 30.9 Å². The van der Waals surface area contributed by atoms with Crippen LogP contribution in [0.2, 0.25) is 0 Å². The Morgan fingerprint density at radius 2 is 1.84 bits per heavy atom. The molecule has 2 aromatic rings. The first-order valence-electron chi connectivity index (χ1n) is 11.2. The molecule has 7 heteroatoms. The number of para-hydroxylation sites is 1. The predicted octanol–water partition coefficient (Wildman–Crippen LogP) is 2.60. The second kappa shape index (κ2) is 9.54. The van der Waals surface area contributed by atoms with Gasteiger partial charge in [0.25, 0.3) is 0 Å². The molecule has 1 aromatic carbocycles. The number of carbonyl (C=O) groups is 2. The van der Waals surface area contributed by atoms with Crippen LogP contribution in [0.15, 0.2) is 42.7 Å². The van der Waals surface area contributed by atoms with Crippen molar-refractivity contribution in [2.45, 2.75) is 33.2 Å². The molecule has 0 unspecified atom stereocenters. The number of likely N-dealkylation sites (tertiary alicyclic amines) is 2. The van der Waals surface area contributed by atoms with Crippen LogP contribution in [-0.4, -0.2) is 64.0 Å². The van der Waals surface area contributed by atoms with Crippen molar-refractivity contribution < 1.29 is 14.3 Å². The maximum Gasteiger partial charge on any atom is 0.242 e. The van der Waals surface area contributed by atoms with Crippen LogP contribution in [-0.2, 0) is 16.1 Å². The number of hydrogen-bond donors (Lipinski definition) is 0. The second-order valence-electron chi connectivity index (χ2n) is 8.79. The molecule has 0 saturated carbocycles. The topological polar surface area (TPSA) is 67.7 Å². The van der Waals surface area contributed by atoms with Crippen LogP contribution in [0.25, 0.3) is 0 Å². The van der Waals surface area contributed by atoms with E-state index in [4.69, 9.17) is 4.74 Å². The van der Waals surface area contributed by atoms with E-state index in [1.807, 2.05) is 57.8 Å². The van der Waals surface area contributed by atoms with E-state index >= 15 is 0 Å². The van der Waals surface area contributed by atoms with Gasteiger partial charge in [-0.25, -0.2) is 4.98 Å². The Morgan fingerprint density at radius 3 is 2.48 bits per heavy atom. The molecule has 2 fully saturated rings. The van der Waals surface area contributed by atoms with Crippen molar-refractivity contribution in [2.75, 3.05) is 32.8 Å². The van der Waals surface area contributed by atoms with Crippen molar-refractivity contribution >= 4 is 11.8 Å². The normalized spacial score (nSPS) is 22.0. The van der Waals surface area contributed by atoms with Gasteiger partial charge < -0.3 is 19.1 Å². The van der Waals surface area contributed by atoms with Crippen LogP contribution in [0.5, 0.6) is 5.75 Å². The number of imidazole rings is 1. The molecule has 0 radical (unpaired) electrons. The van der Waals surface area contributed by atoms with Gasteiger partial charge in [0.05, 0.1) is 6.61 Å². The van der Waals surface area contributed by atoms with Crippen molar-refractivity contribution in [1.82, 2.24) is 19.4 Å². The van der Waals surface area contributed by atoms with Crippen LogP contribution >= 0.6 is 0 Å². The molecule has 3 heterocycles. The summed E-state index contributed by atoms with van der Waals surface area (Å²) in [6.07, 6.45) is 5.58. The summed E-state index contributed by atoms with van der Waals surface area (Å²) in [6, 6.07) is 9.87. The summed E-state index contributed by atoms with van der Waals surface area (Å²) in [5.41, 5.74) is 0. The van der Waals surface area contributed by atoms with Gasteiger partial charge in [-0.3, -0.25) is 9.59 Å². The van der Waals surface area contributed by atoms with Crippen LogP contribution < -0.4 is 4.74 Å². The number of nitrogens with zero attached hydrogens (tertiary/aromatic N) is 4. The predicted molar refractivity (Wildman–Crippen MR) is 117 cm³/mol. The Labute approximate surface area is 184 Å². The van der Waals surface area contributed by atoms with Gasteiger partial charge in [-0.1, -0.05) is 18.2 Å². The minimum Gasteiger partial charge on any atom is -0.493 e. The highest BCUT2D eigenvalue weighted by atomic mass is 16.5. The van der Waals surface area contributed by atoms with E-state index in [1.165, 1.54) is 0 Å². The maximum absolute atomic E-state index is 13.0. The molecule has 2 amide bonds. The molecule has 0 spiro atoms. The van der Waals surface area contributed by atoms with Gasteiger partial charge >= 0.3 is 0 Å². The molecule has 2 saturated heterocycles. The van der Waals surface area contributed by atoms with Gasteiger partial charge in [0.2, 0.25) is 11.8 Å². The summed E-state index contributed by atoms with van der Waals surface area (Å²) in [4.78, 5) is 32.9. The summed E-state index contributed by atoms with van der Waals surface area (Å²) in [6.45, 7) is 7.60. The number of carbonyl (C=O) groups excluding carboxylic acids is 2. The number of rotatable bonds is 6. The Kier molecular flexibility index (Phi) is 6.59. The zero-order valence-electron chi connectivity index (χ0n) is 18.4. The Bertz CT molecular complexity index is 889. The van der Waals surface area contributed by atoms with Gasteiger partial charge in [-0.15, -0.1) is 0 Å². The number of piperidine rings is 1. The molecular weight excluding hydrogens is 392 g/mol. The van der Waals surface area contributed by atoms with Crippen molar-refractivity contribution in [2.24, 2.45) is 17.8 Å². The smallest absolute Gasteiger partial charge is 0.242 e. The minimum absolute atomic E-state index is 0.134. The van der Waals surface area contributed by atoms with E-state index in [-0.39, 0.29) is 11.8 Å². The van der Waals surface area contributed by atoms with Crippen LogP contribution in [0.1, 0.15) is 25.6 Å². The molecule has 0 N–H and O–H groups in total. The summed E-state index contributed by atoms with van der Waals surface area (Å²) in [5, 5.41) is 0. The number of aryl methyl sites for hydroxylation is 1. The lowest BCUT2D eigenvalue weighted by Crippen LogP contribution is -2.41. The summed E-state index contributed by atoms with van der Waals surface area (Å²) >= 11 is 0. The molecule has 2 atom stereocenters. The van der Waals surface area contributed by atoms with E-state index in [9.17, 15) is 9.59 Å². The number of benzene rings is 1.